The fourth-order valence-electron chi connectivity index (χ4n) is 2.24. The van der Waals surface area contributed by atoms with Crippen LogP contribution in [0.2, 0.25) is 0 Å². The van der Waals surface area contributed by atoms with E-state index in [0.717, 1.165) is 11.2 Å². The number of thioether (sulfide) groups is 1. The Labute approximate surface area is 149 Å². The lowest BCUT2D eigenvalue weighted by Crippen LogP contribution is -2.45. The van der Waals surface area contributed by atoms with Crippen LogP contribution in [0.15, 0.2) is 4.99 Å². The molecule has 0 aliphatic heterocycles. The van der Waals surface area contributed by atoms with Gasteiger partial charge in [0.2, 0.25) is 5.91 Å². The smallest absolute Gasteiger partial charge is 0.222 e. The van der Waals surface area contributed by atoms with E-state index in [-0.39, 0.29) is 35.8 Å². The Hall–Kier alpha value is -0.180. The summed E-state index contributed by atoms with van der Waals surface area (Å²) in [6.07, 6.45) is 5.86. The molecule has 2 unspecified atom stereocenters. The van der Waals surface area contributed by atoms with Crippen molar-refractivity contribution < 1.29 is 4.79 Å². The first kappa shape index (κ1) is 20.8. The van der Waals surface area contributed by atoms with Crippen molar-refractivity contribution in [2.45, 2.75) is 44.4 Å². The Bertz CT molecular complexity index is 339. The number of carbonyl (C=O) groups excluding carboxylic acids is 1. The second kappa shape index (κ2) is 11.4. The molecule has 7 heteroatoms. The lowest BCUT2D eigenvalue weighted by Gasteiger charge is -2.17. The zero-order chi connectivity index (χ0) is 15.0. The van der Waals surface area contributed by atoms with E-state index < -0.39 is 0 Å². The van der Waals surface area contributed by atoms with E-state index in [1.54, 1.807) is 7.05 Å². The van der Waals surface area contributed by atoms with Gasteiger partial charge in [-0.15, -0.1) is 24.0 Å². The zero-order valence-corrected chi connectivity index (χ0v) is 16.6. The van der Waals surface area contributed by atoms with Gasteiger partial charge in [0.05, 0.1) is 0 Å². The quantitative estimate of drug-likeness (QED) is 0.262. The second-order valence-corrected chi connectivity index (χ2v) is 6.59. The van der Waals surface area contributed by atoms with Crippen LogP contribution in [0.5, 0.6) is 0 Å². The van der Waals surface area contributed by atoms with Crippen molar-refractivity contribution in [1.82, 2.24) is 16.0 Å². The molecule has 0 bridgehead atoms. The summed E-state index contributed by atoms with van der Waals surface area (Å²) in [6, 6.07) is 0.518. The standard InChI is InChI=1S/C14H28N4OS.HI/c1-10(2)13(19)16-7-8-17-14(15-3)18-11-5-6-12(9-11)20-4;/h10-12H,5-9H2,1-4H3,(H,16,19)(H2,15,17,18);1H. The predicted molar refractivity (Wildman–Crippen MR) is 103 cm³/mol. The third-order valence-corrected chi connectivity index (χ3v) is 4.62. The van der Waals surface area contributed by atoms with Gasteiger partial charge in [0.15, 0.2) is 5.96 Å². The summed E-state index contributed by atoms with van der Waals surface area (Å²) < 4.78 is 0. The van der Waals surface area contributed by atoms with Gasteiger partial charge in [0.25, 0.3) is 0 Å². The van der Waals surface area contributed by atoms with Gasteiger partial charge in [-0.3, -0.25) is 9.79 Å². The fourth-order valence-corrected chi connectivity index (χ4v) is 3.04. The van der Waals surface area contributed by atoms with Gasteiger partial charge in [-0.1, -0.05) is 13.8 Å². The average Bonchev–Trinajstić information content (AvgIpc) is 2.89. The van der Waals surface area contributed by atoms with Gasteiger partial charge in [0, 0.05) is 37.3 Å². The van der Waals surface area contributed by atoms with Crippen LogP contribution in [-0.2, 0) is 4.79 Å². The summed E-state index contributed by atoms with van der Waals surface area (Å²) in [7, 11) is 1.78. The number of halogens is 1. The van der Waals surface area contributed by atoms with Crippen molar-refractivity contribution >= 4 is 47.6 Å². The normalized spacial score (nSPS) is 21.9. The van der Waals surface area contributed by atoms with E-state index >= 15 is 0 Å². The molecular formula is C14H29IN4OS. The molecule has 1 fully saturated rings. The van der Waals surface area contributed by atoms with Gasteiger partial charge in [0.1, 0.15) is 0 Å². The summed E-state index contributed by atoms with van der Waals surface area (Å²) in [5.41, 5.74) is 0. The van der Waals surface area contributed by atoms with Crippen LogP contribution >= 0.6 is 35.7 Å². The Morgan fingerprint density at radius 1 is 1.29 bits per heavy atom. The first-order valence-corrected chi connectivity index (χ1v) is 8.63. The molecule has 5 nitrogen and oxygen atoms in total. The summed E-state index contributed by atoms with van der Waals surface area (Å²) in [4.78, 5) is 15.6. The number of rotatable bonds is 6. The lowest BCUT2D eigenvalue weighted by atomic mass is 10.2. The molecule has 0 heterocycles. The number of nitrogens with zero attached hydrogens (tertiary/aromatic N) is 1. The van der Waals surface area contributed by atoms with Crippen LogP contribution in [0.1, 0.15) is 33.1 Å². The topological polar surface area (TPSA) is 65.5 Å². The molecule has 0 aromatic carbocycles. The lowest BCUT2D eigenvalue weighted by molar-refractivity contribution is -0.123. The first-order chi connectivity index (χ1) is 9.56. The van der Waals surface area contributed by atoms with E-state index in [1.165, 1.54) is 19.3 Å². The molecule has 0 radical (unpaired) electrons. The maximum Gasteiger partial charge on any atom is 0.222 e. The van der Waals surface area contributed by atoms with E-state index in [1.807, 2.05) is 25.6 Å². The molecule has 0 aromatic heterocycles. The van der Waals surface area contributed by atoms with Crippen LogP contribution in [0.25, 0.3) is 0 Å². The monoisotopic (exact) mass is 428 g/mol. The molecule has 3 N–H and O–H groups in total. The molecular weight excluding hydrogens is 399 g/mol. The SMILES string of the molecule is CN=C(NCCNC(=O)C(C)C)NC1CCC(SC)C1.I. The highest BCUT2D eigenvalue weighted by molar-refractivity contribution is 14.0. The average molecular weight is 428 g/mol. The van der Waals surface area contributed by atoms with Crippen molar-refractivity contribution in [2.75, 3.05) is 26.4 Å². The first-order valence-electron chi connectivity index (χ1n) is 7.34. The summed E-state index contributed by atoms with van der Waals surface area (Å²) in [6.45, 7) is 5.10. The number of carbonyl (C=O) groups is 1. The van der Waals surface area contributed by atoms with Crippen molar-refractivity contribution in [3.63, 3.8) is 0 Å². The molecule has 0 spiro atoms. The number of aliphatic imine (C=N–C) groups is 1. The van der Waals surface area contributed by atoms with Gasteiger partial charge in [-0.2, -0.15) is 11.8 Å². The minimum absolute atomic E-state index is 0. The Kier molecular flexibility index (Phi) is 11.3. The van der Waals surface area contributed by atoms with Crippen molar-refractivity contribution in [2.24, 2.45) is 10.9 Å². The Morgan fingerprint density at radius 2 is 1.95 bits per heavy atom. The van der Waals surface area contributed by atoms with Gasteiger partial charge >= 0.3 is 0 Å². The molecule has 0 aromatic rings. The molecule has 21 heavy (non-hydrogen) atoms. The highest BCUT2D eigenvalue weighted by atomic mass is 127. The Balaban J connectivity index is 0.00000400. The number of amides is 1. The van der Waals surface area contributed by atoms with Crippen molar-refractivity contribution in [3.8, 4) is 0 Å². The molecule has 1 amide bonds. The molecule has 1 saturated carbocycles. The Morgan fingerprint density at radius 3 is 2.48 bits per heavy atom. The van der Waals surface area contributed by atoms with Crippen LogP contribution in [0, 0.1) is 5.92 Å². The van der Waals surface area contributed by atoms with Gasteiger partial charge in [-0.05, 0) is 25.5 Å². The van der Waals surface area contributed by atoms with E-state index in [4.69, 9.17) is 0 Å². The number of hydrogen-bond donors (Lipinski definition) is 3. The maximum atomic E-state index is 11.4. The summed E-state index contributed by atoms with van der Waals surface area (Å²) in [5.74, 6) is 0.957. The number of guanidine groups is 1. The molecule has 1 rings (SSSR count). The van der Waals surface area contributed by atoms with Crippen LogP contribution < -0.4 is 16.0 Å². The molecule has 1 aliphatic rings. The highest BCUT2D eigenvalue weighted by Gasteiger charge is 2.24. The van der Waals surface area contributed by atoms with Crippen LogP contribution in [0.3, 0.4) is 0 Å². The molecule has 1 aliphatic carbocycles. The van der Waals surface area contributed by atoms with Gasteiger partial charge < -0.3 is 16.0 Å². The van der Waals surface area contributed by atoms with Crippen LogP contribution in [-0.4, -0.2) is 49.6 Å². The van der Waals surface area contributed by atoms with E-state index in [2.05, 4.69) is 27.2 Å². The van der Waals surface area contributed by atoms with Crippen molar-refractivity contribution in [3.05, 3.63) is 0 Å². The largest absolute Gasteiger partial charge is 0.355 e. The highest BCUT2D eigenvalue weighted by Crippen LogP contribution is 2.27. The second-order valence-electron chi connectivity index (χ2n) is 5.46. The molecule has 124 valence electrons. The minimum atomic E-state index is 0. The minimum Gasteiger partial charge on any atom is -0.355 e. The van der Waals surface area contributed by atoms with E-state index in [0.29, 0.717) is 19.1 Å². The van der Waals surface area contributed by atoms with Gasteiger partial charge in [-0.25, -0.2) is 0 Å². The summed E-state index contributed by atoms with van der Waals surface area (Å²) in [5, 5.41) is 10.4. The van der Waals surface area contributed by atoms with E-state index in [9.17, 15) is 4.79 Å². The van der Waals surface area contributed by atoms with Crippen molar-refractivity contribution in [1.29, 1.82) is 0 Å². The zero-order valence-electron chi connectivity index (χ0n) is 13.4. The third kappa shape index (κ3) is 8.13. The third-order valence-electron chi connectivity index (χ3n) is 3.52. The number of nitrogens with one attached hydrogen (secondary N) is 3. The molecule has 2 atom stereocenters. The number of hydrogen-bond acceptors (Lipinski definition) is 3. The summed E-state index contributed by atoms with van der Waals surface area (Å²) >= 11 is 1.95. The predicted octanol–water partition coefficient (Wildman–Crippen LogP) is 1.83. The maximum absolute atomic E-state index is 11.4. The van der Waals surface area contributed by atoms with Crippen LogP contribution in [0.4, 0.5) is 0 Å². The molecule has 0 saturated heterocycles. The fraction of sp³-hybridized carbons (Fsp3) is 0.857.